The van der Waals surface area contributed by atoms with E-state index in [1.165, 1.54) is 11.3 Å². The molecule has 14 heavy (non-hydrogen) atoms. The SMILES string of the molecule is C/C(=N\N(C)C)c1ccc([S@](C)=O)s1. The second-order valence-corrected chi connectivity index (χ2v) is 5.80. The summed E-state index contributed by atoms with van der Waals surface area (Å²) in [6, 6.07) is 3.86. The quantitative estimate of drug-likeness (QED) is 0.585. The van der Waals surface area contributed by atoms with Crippen LogP contribution >= 0.6 is 11.3 Å². The van der Waals surface area contributed by atoms with Crippen LogP contribution in [-0.2, 0) is 10.8 Å². The number of rotatable bonds is 3. The van der Waals surface area contributed by atoms with E-state index >= 15 is 0 Å². The highest BCUT2D eigenvalue weighted by molar-refractivity contribution is 7.86. The van der Waals surface area contributed by atoms with Gasteiger partial charge in [0.1, 0.15) is 0 Å². The van der Waals surface area contributed by atoms with Crippen LogP contribution in [0.5, 0.6) is 0 Å². The van der Waals surface area contributed by atoms with E-state index in [-0.39, 0.29) is 0 Å². The van der Waals surface area contributed by atoms with E-state index in [4.69, 9.17) is 0 Å². The van der Waals surface area contributed by atoms with Gasteiger partial charge < -0.3 is 5.01 Å². The monoisotopic (exact) mass is 230 g/mol. The molecule has 0 aliphatic heterocycles. The number of nitrogens with zero attached hydrogens (tertiary/aromatic N) is 2. The summed E-state index contributed by atoms with van der Waals surface area (Å²) < 4.78 is 12.1. The highest BCUT2D eigenvalue weighted by atomic mass is 32.2. The van der Waals surface area contributed by atoms with E-state index in [2.05, 4.69) is 5.10 Å². The highest BCUT2D eigenvalue weighted by Gasteiger charge is 2.05. The van der Waals surface area contributed by atoms with Crippen LogP contribution < -0.4 is 0 Å². The van der Waals surface area contributed by atoms with E-state index < -0.39 is 10.8 Å². The van der Waals surface area contributed by atoms with Crippen LogP contribution in [0.3, 0.4) is 0 Å². The first-order valence-electron chi connectivity index (χ1n) is 4.17. The Morgan fingerprint density at radius 3 is 2.57 bits per heavy atom. The Kier molecular flexibility index (Phi) is 3.83. The maximum absolute atomic E-state index is 11.2. The van der Waals surface area contributed by atoms with E-state index in [1.807, 2.05) is 33.2 Å². The van der Waals surface area contributed by atoms with Crippen molar-refractivity contribution >= 4 is 27.8 Å². The molecule has 0 aromatic carbocycles. The molecule has 0 aliphatic carbocycles. The zero-order valence-electron chi connectivity index (χ0n) is 8.77. The summed E-state index contributed by atoms with van der Waals surface area (Å²) in [4.78, 5) is 1.07. The lowest BCUT2D eigenvalue weighted by molar-refractivity contribution is 0.438. The van der Waals surface area contributed by atoms with E-state index in [9.17, 15) is 4.21 Å². The molecule has 0 bridgehead atoms. The number of hydrazone groups is 1. The molecular formula is C9H14N2OS2. The van der Waals surface area contributed by atoms with Crippen molar-refractivity contribution in [3.8, 4) is 0 Å². The van der Waals surface area contributed by atoms with Gasteiger partial charge >= 0.3 is 0 Å². The Hall–Kier alpha value is -0.680. The van der Waals surface area contributed by atoms with Crippen molar-refractivity contribution in [3.05, 3.63) is 17.0 Å². The molecule has 3 nitrogen and oxygen atoms in total. The Bertz CT molecular complexity index is 369. The Balaban J connectivity index is 2.92. The molecule has 1 aromatic rings. The molecule has 0 aliphatic rings. The average Bonchev–Trinajstić information content (AvgIpc) is 2.50. The van der Waals surface area contributed by atoms with Gasteiger partial charge in [0.25, 0.3) is 0 Å². The van der Waals surface area contributed by atoms with E-state index in [0.29, 0.717) is 0 Å². The van der Waals surface area contributed by atoms with Gasteiger partial charge in [0.2, 0.25) is 0 Å². The number of hydrogen-bond acceptors (Lipinski definition) is 4. The summed E-state index contributed by atoms with van der Waals surface area (Å²) in [5.41, 5.74) is 0.955. The molecule has 0 amide bonds. The van der Waals surface area contributed by atoms with Crippen molar-refractivity contribution in [3.63, 3.8) is 0 Å². The van der Waals surface area contributed by atoms with Gasteiger partial charge in [-0.15, -0.1) is 11.3 Å². The van der Waals surface area contributed by atoms with Crippen molar-refractivity contribution in [1.29, 1.82) is 0 Å². The number of thiophene rings is 1. The van der Waals surface area contributed by atoms with E-state index in [1.54, 1.807) is 11.3 Å². The molecule has 1 heterocycles. The topological polar surface area (TPSA) is 32.7 Å². The third-order valence-electron chi connectivity index (χ3n) is 1.57. The molecule has 1 aromatic heterocycles. The first-order valence-corrected chi connectivity index (χ1v) is 6.54. The zero-order valence-corrected chi connectivity index (χ0v) is 10.4. The first-order chi connectivity index (χ1) is 6.50. The lowest BCUT2D eigenvalue weighted by atomic mass is 10.3. The zero-order chi connectivity index (χ0) is 10.7. The molecule has 0 unspecified atom stereocenters. The minimum atomic E-state index is -0.887. The summed E-state index contributed by atoms with van der Waals surface area (Å²) in [5.74, 6) is 0. The van der Waals surface area contributed by atoms with Gasteiger partial charge in [-0.3, -0.25) is 4.21 Å². The maximum atomic E-state index is 11.2. The molecule has 1 rings (SSSR count). The fourth-order valence-corrected chi connectivity index (χ4v) is 2.69. The lowest BCUT2D eigenvalue weighted by Crippen LogP contribution is -2.06. The normalized spacial score (nSPS) is 14.1. The fourth-order valence-electron chi connectivity index (χ4n) is 1.02. The lowest BCUT2D eigenvalue weighted by Gasteiger charge is -2.05. The van der Waals surface area contributed by atoms with Crippen molar-refractivity contribution in [2.45, 2.75) is 11.1 Å². The van der Waals surface area contributed by atoms with Crippen LogP contribution in [0.25, 0.3) is 0 Å². The van der Waals surface area contributed by atoms with Crippen LogP contribution in [0.2, 0.25) is 0 Å². The summed E-state index contributed by atoms with van der Waals surface area (Å²) in [6.45, 7) is 1.95. The molecule has 0 saturated heterocycles. The smallest absolute Gasteiger partial charge is 0.0914 e. The largest absolute Gasteiger partial charge is 0.303 e. The van der Waals surface area contributed by atoms with Gasteiger partial charge in [0, 0.05) is 20.4 Å². The standard InChI is InChI=1S/C9H14N2OS2/c1-7(10-11(2)3)8-5-6-9(13-8)14(4)12/h5-6H,1-4H3/b10-7+/t14-/m0/s1. The molecule has 0 fully saturated rings. The second kappa shape index (κ2) is 4.70. The van der Waals surface area contributed by atoms with Crippen LogP contribution in [0.15, 0.2) is 21.4 Å². The molecule has 5 heteroatoms. The first kappa shape index (κ1) is 11.4. The summed E-state index contributed by atoms with van der Waals surface area (Å²) in [7, 11) is 2.88. The Morgan fingerprint density at radius 1 is 1.50 bits per heavy atom. The molecule has 0 spiro atoms. The maximum Gasteiger partial charge on any atom is 0.0914 e. The highest BCUT2D eigenvalue weighted by Crippen LogP contribution is 2.20. The minimum Gasteiger partial charge on any atom is -0.303 e. The molecule has 0 radical (unpaired) electrons. The molecular weight excluding hydrogens is 216 g/mol. The van der Waals surface area contributed by atoms with Gasteiger partial charge in [-0.1, -0.05) is 0 Å². The van der Waals surface area contributed by atoms with E-state index in [0.717, 1.165) is 14.8 Å². The van der Waals surface area contributed by atoms with Crippen molar-refractivity contribution in [1.82, 2.24) is 5.01 Å². The molecule has 1 atom stereocenters. The molecule has 0 N–H and O–H groups in total. The van der Waals surface area contributed by atoms with Gasteiger partial charge in [-0.2, -0.15) is 5.10 Å². The van der Waals surface area contributed by atoms with Gasteiger partial charge in [-0.05, 0) is 19.1 Å². The van der Waals surface area contributed by atoms with Gasteiger partial charge in [-0.25, -0.2) is 0 Å². The summed E-state index contributed by atoms with van der Waals surface area (Å²) in [5, 5.41) is 6.04. The fraction of sp³-hybridized carbons (Fsp3) is 0.444. The summed E-state index contributed by atoms with van der Waals surface area (Å²) >= 11 is 1.53. The van der Waals surface area contributed by atoms with Crippen molar-refractivity contribution in [2.75, 3.05) is 20.4 Å². The summed E-state index contributed by atoms with van der Waals surface area (Å²) in [6.07, 6.45) is 1.69. The van der Waals surface area contributed by atoms with Gasteiger partial charge in [0.05, 0.1) is 25.6 Å². The van der Waals surface area contributed by atoms with Gasteiger partial charge in [0.15, 0.2) is 0 Å². The Labute approximate surface area is 90.9 Å². The molecule has 78 valence electrons. The third kappa shape index (κ3) is 2.92. The third-order valence-corrected chi connectivity index (χ3v) is 4.22. The van der Waals surface area contributed by atoms with Crippen molar-refractivity contribution in [2.24, 2.45) is 5.10 Å². The van der Waals surface area contributed by atoms with Crippen molar-refractivity contribution < 1.29 is 4.21 Å². The average molecular weight is 230 g/mol. The Morgan fingerprint density at radius 2 is 2.14 bits per heavy atom. The van der Waals surface area contributed by atoms with Crippen LogP contribution in [0.4, 0.5) is 0 Å². The van der Waals surface area contributed by atoms with Crippen LogP contribution in [-0.4, -0.2) is 35.3 Å². The predicted molar refractivity (Wildman–Crippen MR) is 62.5 cm³/mol. The second-order valence-electron chi connectivity index (χ2n) is 3.11. The predicted octanol–water partition coefficient (Wildman–Crippen LogP) is 1.77. The minimum absolute atomic E-state index is 0.887. The van der Waals surface area contributed by atoms with Crippen LogP contribution in [0.1, 0.15) is 11.8 Å². The molecule has 0 saturated carbocycles. The number of hydrogen-bond donors (Lipinski definition) is 0. The van der Waals surface area contributed by atoms with Crippen LogP contribution in [0, 0.1) is 0 Å².